The van der Waals surface area contributed by atoms with Crippen molar-refractivity contribution in [2.75, 3.05) is 14.2 Å². The molecule has 0 heterocycles. The van der Waals surface area contributed by atoms with Gasteiger partial charge in [-0.05, 0) is 19.1 Å². The van der Waals surface area contributed by atoms with E-state index in [0.29, 0.717) is 17.1 Å². The van der Waals surface area contributed by atoms with Crippen molar-refractivity contribution >= 4 is 15.9 Å². The Morgan fingerprint density at radius 1 is 1.25 bits per heavy atom. The fourth-order valence-electron chi connectivity index (χ4n) is 1.38. The zero-order valence-electron chi connectivity index (χ0n) is 9.53. The molecule has 0 bridgehead atoms. The molecule has 3 N–H and O–H groups in total. The van der Waals surface area contributed by atoms with Gasteiger partial charge in [-0.3, -0.25) is 0 Å². The molecule has 5 heteroatoms. The van der Waals surface area contributed by atoms with Crippen molar-refractivity contribution < 1.29 is 14.6 Å². The van der Waals surface area contributed by atoms with Crippen LogP contribution >= 0.6 is 15.9 Å². The first-order valence-electron chi connectivity index (χ1n) is 4.86. The number of aliphatic hydroxyl groups excluding tert-OH is 1. The molecule has 4 nitrogen and oxygen atoms in total. The van der Waals surface area contributed by atoms with Crippen LogP contribution in [-0.2, 0) is 0 Å². The minimum Gasteiger partial charge on any atom is -0.493 e. The molecule has 0 aliphatic carbocycles. The fourth-order valence-corrected chi connectivity index (χ4v) is 1.94. The van der Waals surface area contributed by atoms with Crippen LogP contribution in [0.3, 0.4) is 0 Å². The van der Waals surface area contributed by atoms with E-state index in [-0.39, 0.29) is 6.04 Å². The maximum absolute atomic E-state index is 9.91. The van der Waals surface area contributed by atoms with Crippen molar-refractivity contribution in [2.45, 2.75) is 19.1 Å². The first-order valence-corrected chi connectivity index (χ1v) is 5.65. The predicted octanol–water partition coefficient (Wildman–Crippen LogP) is 1.85. The molecule has 0 aliphatic heterocycles. The highest BCUT2D eigenvalue weighted by molar-refractivity contribution is 9.10. The lowest BCUT2D eigenvalue weighted by atomic mass is 10.0. The average molecular weight is 290 g/mol. The van der Waals surface area contributed by atoms with E-state index < -0.39 is 6.10 Å². The third kappa shape index (κ3) is 2.66. The third-order valence-corrected chi connectivity index (χ3v) is 3.01. The van der Waals surface area contributed by atoms with Crippen molar-refractivity contribution in [1.29, 1.82) is 0 Å². The molecule has 1 aromatic carbocycles. The summed E-state index contributed by atoms with van der Waals surface area (Å²) in [4.78, 5) is 0. The third-order valence-electron chi connectivity index (χ3n) is 2.32. The summed E-state index contributed by atoms with van der Waals surface area (Å²) < 4.78 is 11.1. The molecular formula is C11H16BrNO3. The highest BCUT2D eigenvalue weighted by Crippen LogP contribution is 2.36. The number of ether oxygens (including phenoxy) is 2. The van der Waals surface area contributed by atoms with Crippen LogP contribution < -0.4 is 15.2 Å². The Balaban J connectivity index is 3.21. The number of nitrogens with two attached hydrogens (primary N) is 1. The number of rotatable bonds is 4. The van der Waals surface area contributed by atoms with Crippen LogP contribution in [0.4, 0.5) is 0 Å². The second-order valence-corrected chi connectivity index (χ2v) is 4.39. The van der Waals surface area contributed by atoms with Gasteiger partial charge in [0.25, 0.3) is 0 Å². The van der Waals surface area contributed by atoms with Crippen LogP contribution in [0.1, 0.15) is 18.6 Å². The summed E-state index contributed by atoms with van der Waals surface area (Å²) in [6.45, 7) is 1.74. The number of hydrogen-bond acceptors (Lipinski definition) is 4. The number of benzene rings is 1. The smallest absolute Gasteiger partial charge is 0.161 e. The molecule has 1 rings (SSSR count). The summed E-state index contributed by atoms with van der Waals surface area (Å²) in [5, 5.41) is 9.91. The van der Waals surface area contributed by atoms with Gasteiger partial charge >= 0.3 is 0 Å². The summed E-state index contributed by atoms with van der Waals surface area (Å²) in [5.74, 6) is 1.18. The Labute approximate surface area is 103 Å². The largest absolute Gasteiger partial charge is 0.493 e. The second kappa shape index (κ2) is 5.52. The topological polar surface area (TPSA) is 64.7 Å². The van der Waals surface area contributed by atoms with E-state index in [4.69, 9.17) is 15.2 Å². The molecule has 0 unspecified atom stereocenters. The monoisotopic (exact) mass is 289 g/mol. The number of aliphatic hydroxyl groups is 1. The Morgan fingerprint density at radius 3 is 2.19 bits per heavy atom. The van der Waals surface area contributed by atoms with Gasteiger partial charge in [-0.2, -0.15) is 0 Å². The maximum atomic E-state index is 9.91. The molecule has 0 saturated carbocycles. The lowest BCUT2D eigenvalue weighted by Crippen LogP contribution is -2.24. The molecule has 0 amide bonds. The number of hydrogen-bond donors (Lipinski definition) is 2. The van der Waals surface area contributed by atoms with Crippen LogP contribution in [0, 0.1) is 0 Å². The number of halogens is 1. The van der Waals surface area contributed by atoms with E-state index in [9.17, 15) is 5.11 Å². The van der Waals surface area contributed by atoms with Crippen molar-refractivity contribution in [3.63, 3.8) is 0 Å². The zero-order valence-corrected chi connectivity index (χ0v) is 11.1. The Morgan fingerprint density at radius 2 is 1.75 bits per heavy atom. The minimum absolute atomic E-state index is 0.352. The molecule has 1 aromatic rings. The zero-order chi connectivity index (χ0) is 12.3. The Hall–Kier alpha value is -0.780. The Bertz CT molecular complexity index is 368. The second-order valence-electron chi connectivity index (χ2n) is 3.53. The Kier molecular flexibility index (Phi) is 4.58. The molecule has 0 spiro atoms. The first kappa shape index (κ1) is 13.3. The van der Waals surface area contributed by atoms with E-state index in [2.05, 4.69) is 15.9 Å². The quantitative estimate of drug-likeness (QED) is 0.888. The molecule has 0 aromatic heterocycles. The standard InChI is InChI=1S/C11H16BrNO3/c1-6(13)11(14)7-4-9(15-2)10(16-3)5-8(7)12/h4-6,11,14H,13H2,1-3H3/t6-,11-/m1/s1. The van der Waals surface area contributed by atoms with Gasteiger partial charge in [-0.1, -0.05) is 15.9 Å². The van der Waals surface area contributed by atoms with Crippen LogP contribution in [-0.4, -0.2) is 25.4 Å². The van der Waals surface area contributed by atoms with E-state index in [1.165, 1.54) is 0 Å². The summed E-state index contributed by atoms with van der Waals surface area (Å²) >= 11 is 3.37. The summed E-state index contributed by atoms with van der Waals surface area (Å²) in [6, 6.07) is 3.12. The predicted molar refractivity (Wildman–Crippen MR) is 65.9 cm³/mol. The van der Waals surface area contributed by atoms with E-state index >= 15 is 0 Å². The van der Waals surface area contributed by atoms with Crippen molar-refractivity contribution in [1.82, 2.24) is 0 Å². The average Bonchev–Trinajstić information content (AvgIpc) is 2.27. The van der Waals surface area contributed by atoms with Crippen molar-refractivity contribution in [2.24, 2.45) is 5.73 Å². The van der Waals surface area contributed by atoms with Crippen LogP contribution in [0.2, 0.25) is 0 Å². The maximum Gasteiger partial charge on any atom is 0.161 e. The van der Waals surface area contributed by atoms with Crippen molar-refractivity contribution in [3.05, 3.63) is 22.2 Å². The van der Waals surface area contributed by atoms with Gasteiger partial charge in [0.05, 0.1) is 20.3 Å². The summed E-state index contributed by atoms with van der Waals surface area (Å²) in [7, 11) is 3.11. The van der Waals surface area contributed by atoms with Crippen LogP contribution in [0.5, 0.6) is 11.5 Å². The normalized spacial score (nSPS) is 14.4. The number of methoxy groups -OCH3 is 2. The minimum atomic E-state index is -0.741. The SMILES string of the molecule is COc1cc(Br)c([C@H](O)[C@@H](C)N)cc1OC. The summed E-state index contributed by atoms with van der Waals surface area (Å²) in [5.41, 5.74) is 6.34. The lowest BCUT2D eigenvalue weighted by Gasteiger charge is -2.18. The van der Waals surface area contributed by atoms with Crippen LogP contribution in [0.25, 0.3) is 0 Å². The molecule has 16 heavy (non-hydrogen) atoms. The van der Waals surface area contributed by atoms with Crippen LogP contribution in [0.15, 0.2) is 16.6 Å². The fraction of sp³-hybridized carbons (Fsp3) is 0.455. The molecular weight excluding hydrogens is 274 g/mol. The molecule has 0 saturated heterocycles. The molecule has 2 atom stereocenters. The van der Waals surface area contributed by atoms with Crippen molar-refractivity contribution in [3.8, 4) is 11.5 Å². The molecule has 0 radical (unpaired) electrons. The van der Waals surface area contributed by atoms with E-state index in [1.54, 1.807) is 33.3 Å². The van der Waals surface area contributed by atoms with Gasteiger partial charge in [0.15, 0.2) is 11.5 Å². The van der Waals surface area contributed by atoms with Gasteiger partial charge in [0.2, 0.25) is 0 Å². The first-order chi connectivity index (χ1) is 7.51. The molecule has 0 aliphatic rings. The van der Waals surface area contributed by atoms with Gasteiger partial charge in [-0.15, -0.1) is 0 Å². The highest BCUT2D eigenvalue weighted by atomic mass is 79.9. The van der Waals surface area contributed by atoms with Gasteiger partial charge in [0.1, 0.15) is 0 Å². The summed E-state index contributed by atoms with van der Waals surface area (Å²) in [6.07, 6.45) is -0.741. The van der Waals surface area contributed by atoms with Gasteiger partial charge < -0.3 is 20.3 Å². The van der Waals surface area contributed by atoms with Gasteiger partial charge in [-0.25, -0.2) is 0 Å². The molecule has 90 valence electrons. The van der Waals surface area contributed by atoms with E-state index in [1.807, 2.05) is 0 Å². The van der Waals surface area contributed by atoms with E-state index in [0.717, 1.165) is 4.47 Å². The molecule has 0 fully saturated rings. The van der Waals surface area contributed by atoms with Gasteiger partial charge in [0, 0.05) is 16.1 Å². The highest BCUT2D eigenvalue weighted by Gasteiger charge is 2.18. The lowest BCUT2D eigenvalue weighted by molar-refractivity contribution is 0.152.